The first-order chi connectivity index (χ1) is 6.49. The summed E-state index contributed by atoms with van der Waals surface area (Å²) in [7, 11) is 0. The molecule has 0 fully saturated rings. The Morgan fingerprint density at radius 1 is 1.50 bits per heavy atom. The average molecular weight is 198 g/mol. The minimum absolute atomic E-state index is 0.0328. The second-order valence-electron chi connectivity index (χ2n) is 3.64. The van der Waals surface area contributed by atoms with E-state index in [9.17, 15) is 9.18 Å². The maximum Gasteiger partial charge on any atom is 0.253 e. The lowest BCUT2D eigenvalue weighted by atomic mass is 9.97. The molecule has 1 rings (SSSR count). The van der Waals surface area contributed by atoms with Crippen molar-refractivity contribution in [1.82, 2.24) is 4.98 Å². The topological polar surface area (TPSA) is 58.9 Å². The predicted octanol–water partition coefficient (Wildman–Crippen LogP) is 1.40. The zero-order valence-electron chi connectivity index (χ0n) is 8.65. The summed E-state index contributed by atoms with van der Waals surface area (Å²) in [5.74, 6) is -0.380. The summed E-state index contributed by atoms with van der Waals surface area (Å²) < 4.78 is 13.7. The number of aromatic amines is 1. The second kappa shape index (κ2) is 3.92. The van der Waals surface area contributed by atoms with Crippen molar-refractivity contribution in [2.45, 2.75) is 33.2 Å². The maximum atomic E-state index is 13.7. The Morgan fingerprint density at radius 2 is 2.07 bits per heavy atom. The molecule has 1 aromatic heterocycles. The van der Waals surface area contributed by atoms with Crippen molar-refractivity contribution >= 4 is 0 Å². The van der Waals surface area contributed by atoms with Gasteiger partial charge in [0.15, 0.2) is 0 Å². The van der Waals surface area contributed by atoms with Crippen LogP contribution in [0.1, 0.15) is 36.6 Å². The van der Waals surface area contributed by atoms with E-state index in [0.717, 1.165) is 0 Å². The summed E-state index contributed by atoms with van der Waals surface area (Å²) in [4.78, 5) is 13.9. The van der Waals surface area contributed by atoms with Crippen molar-refractivity contribution < 1.29 is 4.39 Å². The third kappa shape index (κ3) is 1.70. The first-order valence-corrected chi connectivity index (χ1v) is 4.60. The molecule has 0 aliphatic rings. The molecule has 14 heavy (non-hydrogen) atoms. The number of pyridine rings is 1. The standard InChI is InChI=1S/C10H15FN2O/c1-5(2)8-7(4-12)10(14)13-6(3)9(8)11/h5H,4,12H2,1-3H3,(H,13,14). The highest BCUT2D eigenvalue weighted by atomic mass is 19.1. The molecule has 0 bridgehead atoms. The number of nitrogens with one attached hydrogen (secondary N) is 1. The molecule has 3 nitrogen and oxygen atoms in total. The van der Waals surface area contributed by atoms with Gasteiger partial charge in [-0.15, -0.1) is 0 Å². The van der Waals surface area contributed by atoms with Gasteiger partial charge in [0.1, 0.15) is 5.82 Å². The third-order valence-corrected chi connectivity index (χ3v) is 2.25. The quantitative estimate of drug-likeness (QED) is 0.754. The van der Waals surface area contributed by atoms with Crippen LogP contribution in [-0.2, 0) is 6.54 Å². The van der Waals surface area contributed by atoms with E-state index >= 15 is 0 Å². The zero-order valence-corrected chi connectivity index (χ0v) is 8.65. The maximum absolute atomic E-state index is 13.7. The van der Waals surface area contributed by atoms with Crippen LogP contribution in [0.5, 0.6) is 0 Å². The van der Waals surface area contributed by atoms with Crippen LogP contribution >= 0.6 is 0 Å². The Kier molecular flexibility index (Phi) is 3.06. The molecule has 0 radical (unpaired) electrons. The number of aryl methyl sites for hydroxylation is 1. The molecule has 3 N–H and O–H groups in total. The monoisotopic (exact) mass is 198 g/mol. The summed E-state index contributed by atoms with van der Waals surface area (Å²) in [5, 5.41) is 0. The first kappa shape index (κ1) is 10.9. The summed E-state index contributed by atoms with van der Waals surface area (Å²) in [6, 6.07) is 0. The number of hydrogen-bond acceptors (Lipinski definition) is 2. The highest BCUT2D eigenvalue weighted by Gasteiger charge is 2.16. The fourth-order valence-corrected chi connectivity index (χ4v) is 1.56. The fraction of sp³-hybridized carbons (Fsp3) is 0.500. The highest BCUT2D eigenvalue weighted by Crippen LogP contribution is 2.21. The van der Waals surface area contributed by atoms with Crippen LogP contribution in [0.2, 0.25) is 0 Å². The number of halogens is 1. The van der Waals surface area contributed by atoms with Gasteiger partial charge in [-0.05, 0) is 12.8 Å². The molecule has 4 heteroatoms. The highest BCUT2D eigenvalue weighted by molar-refractivity contribution is 5.30. The molecule has 0 aliphatic heterocycles. The van der Waals surface area contributed by atoms with E-state index in [4.69, 9.17) is 5.73 Å². The average Bonchev–Trinajstić information content (AvgIpc) is 2.10. The summed E-state index contributed by atoms with van der Waals surface area (Å²) >= 11 is 0. The van der Waals surface area contributed by atoms with E-state index in [-0.39, 0.29) is 29.5 Å². The van der Waals surface area contributed by atoms with Crippen molar-refractivity contribution in [1.29, 1.82) is 0 Å². The van der Waals surface area contributed by atoms with E-state index in [1.807, 2.05) is 13.8 Å². The van der Waals surface area contributed by atoms with E-state index in [1.165, 1.54) is 0 Å². The van der Waals surface area contributed by atoms with Gasteiger partial charge in [-0.3, -0.25) is 4.79 Å². The Hall–Kier alpha value is -1.16. The molecule has 0 aliphatic carbocycles. The van der Waals surface area contributed by atoms with Crippen molar-refractivity contribution in [3.8, 4) is 0 Å². The van der Waals surface area contributed by atoms with E-state index in [2.05, 4.69) is 4.98 Å². The predicted molar refractivity (Wildman–Crippen MR) is 53.7 cm³/mol. The third-order valence-electron chi connectivity index (χ3n) is 2.25. The summed E-state index contributed by atoms with van der Waals surface area (Å²) in [6.45, 7) is 5.30. The van der Waals surface area contributed by atoms with Crippen LogP contribution < -0.4 is 11.3 Å². The minimum Gasteiger partial charge on any atom is -0.326 e. The number of aromatic nitrogens is 1. The van der Waals surface area contributed by atoms with Crippen molar-refractivity contribution in [2.24, 2.45) is 5.73 Å². The molecule has 0 aromatic carbocycles. The smallest absolute Gasteiger partial charge is 0.253 e. The Labute approximate surface area is 82.1 Å². The molecule has 1 aromatic rings. The first-order valence-electron chi connectivity index (χ1n) is 4.60. The van der Waals surface area contributed by atoms with Crippen LogP contribution in [0.4, 0.5) is 4.39 Å². The summed E-state index contributed by atoms with van der Waals surface area (Å²) in [6.07, 6.45) is 0. The van der Waals surface area contributed by atoms with Crippen LogP contribution in [0.3, 0.4) is 0 Å². The lowest BCUT2D eigenvalue weighted by Crippen LogP contribution is -2.22. The van der Waals surface area contributed by atoms with Gasteiger partial charge in [0.25, 0.3) is 5.56 Å². The Bertz CT molecular complexity index is 396. The number of H-pyrrole nitrogens is 1. The Morgan fingerprint density at radius 3 is 2.50 bits per heavy atom. The molecular weight excluding hydrogens is 183 g/mol. The number of nitrogens with two attached hydrogens (primary N) is 1. The van der Waals surface area contributed by atoms with Crippen molar-refractivity contribution in [3.05, 3.63) is 33.0 Å². The molecular formula is C10H15FN2O. The van der Waals surface area contributed by atoms with Crippen LogP contribution in [-0.4, -0.2) is 4.98 Å². The molecule has 1 heterocycles. The lowest BCUT2D eigenvalue weighted by molar-refractivity contribution is 0.573. The van der Waals surface area contributed by atoms with Crippen LogP contribution in [0.25, 0.3) is 0 Å². The van der Waals surface area contributed by atoms with Gasteiger partial charge in [0.05, 0.1) is 5.69 Å². The van der Waals surface area contributed by atoms with Gasteiger partial charge < -0.3 is 10.7 Å². The molecule has 0 spiro atoms. The van der Waals surface area contributed by atoms with E-state index in [0.29, 0.717) is 11.1 Å². The van der Waals surface area contributed by atoms with Gasteiger partial charge in [-0.2, -0.15) is 0 Å². The van der Waals surface area contributed by atoms with Crippen LogP contribution in [0.15, 0.2) is 4.79 Å². The van der Waals surface area contributed by atoms with E-state index in [1.54, 1.807) is 6.92 Å². The largest absolute Gasteiger partial charge is 0.326 e. The molecule has 0 saturated carbocycles. The molecule has 0 amide bonds. The summed E-state index contributed by atoms with van der Waals surface area (Å²) in [5.41, 5.74) is 6.20. The number of rotatable bonds is 2. The van der Waals surface area contributed by atoms with Gasteiger partial charge >= 0.3 is 0 Å². The van der Waals surface area contributed by atoms with Gasteiger partial charge in [0, 0.05) is 17.7 Å². The van der Waals surface area contributed by atoms with Crippen molar-refractivity contribution in [2.75, 3.05) is 0 Å². The molecule has 0 saturated heterocycles. The van der Waals surface area contributed by atoms with Gasteiger partial charge in [-0.1, -0.05) is 13.8 Å². The lowest BCUT2D eigenvalue weighted by Gasteiger charge is -2.13. The van der Waals surface area contributed by atoms with Crippen molar-refractivity contribution in [3.63, 3.8) is 0 Å². The second-order valence-corrected chi connectivity index (χ2v) is 3.64. The van der Waals surface area contributed by atoms with Gasteiger partial charge in [0.2, 0.25) is 0 Å². The zero-order chi connectivity index (χ0) is 10.9. The van der Waals surface area contributed by atoms with E-state index < -0.39 is 0 Å². The van der Waals surface area contributed by atoms with Crippen LogP contribution in [0, 0.1) is 12.7 Å². The van der Waals surface area contributed by atoms with Gasteiger partial charge in [-0.25, -0.2) is 4.39 Å². The Balaban J connectivity index is 3.56. The number of hydrogen-bond donors (Lipinski definition) is 2. The molecule has 78 valence electrons. The fourth-order valence-electron chi connectivity index (χ4n) is 1.56. The SMILES string of the molecule is Cc1[nH]c(=O)c(CN)c(C(C)C)c1F. The molecule has 0 atom stereocenters. The minimum atomic E-state index is -0.347. The normalized spacial score (nSPS) is 11.0. The molecule has 0 unspecified atom stereocenters.